The quantitative estimate of drug-likeness (QED) is 0.485. The number of rotatable bonds is 6. The number of non-ortho nitro benzene ring substituents is 1. The Morgan fingerprint density at radius 2 is 2.00 bits per heavy atom. The molecule has 21 heavy (non-hydrogen) atoms. The van der Waals surface area contributed by atoms with Crippen LogP contribution in [-0.4, -0.2) is 22.8 Å². The summed E-state index contributed by atoms with van der Waals surface area (Å²) < 4.78 is 0. The van der Waals surface area contributed by atoms with Crippen molar-refractivity contribution >= 4 is 23.1 Å². The van der Waals surface area contributed by atoms with Crippen molar-refractivity contribution in [2.24, 2.45) is 0 Å². The normalized spacial score (nSPS) is 11.9. The van der Waals surface area contributed by atoms with Gasteiger partial charge in [0.1, 0.15) is 0 Å². The van der Waals surface area contributed by atoms with Gasteiger partial charge in [0.25, 0.3) is 5.69 Å². The number of benzene rings is 2. The van der Waals surface area contributed by atoms with E-state index in [1.807, 2.05) is 30.5 Å². The van der Waals surface area contributed by atoms with E-state index < -0.39 is 11.0 Å². The van der Waals surface area contributed by atoms with Gasteiger partial charge in [0.05, 0.1) is 11.0 Å². The van der Waals surface area contributed by atoms with Crippen LogP contribution >= 0.6 is 11.8 Å². The van der Waals surface area contributed by atoms with Crippen molar-refractivity contribution < 1.29 is 10.0 Å². The summed E-state index contributed by atoms with van der Waals surface area (Å²) in [6, 6.07) is 13.8. The van der Waals surface area contributed by atoms with E-state index in [9.17, 15) is 15.2 Å². The molecule has 0 saturated carbocycles. The summed E-state index contributed by atoms with van der Waals surface area (Å²) in [5.74, 6) is 0. The predicted molar refractivity (Wildman–Crippen MR) is 84.8 cm³/mol. The van der Waals surface area contributed by atoms with Crippen molar-refractivity contribution in [3.05, 3.63) is 64.2 Å². The maximum atomic E-state index is 10.6. The Kier molecular flexibility index (Phi) is 5.19. The summed E-state index contributed by atoms with van der Waals surface area (Å²) in [6.07, 6.45) is 1.29. The lowest BCUT2D eigenvalue weighted by Crippen LogP contribution is -2.12. The molecule has 0 fully saturated rings. The Hall–Kier alpha value is -2.05. The summed E-state index contributed by atoms with van der Waals surface area (Å²) in [7, 11) is 0. The minimum Gasteiger partial charge on any atom is -0.387 e. The first-order valence-electron chi connectivity index (χ1n) is 6.40. The molecule has 0 aromatic heterocycles. The third kappa shape index (κ3) is 4.21. The van der Waals surface area contributed by atoms with Crippen LogP contribution in [0.15, 0.2) is 53.4 Å². The average molecular weight is 304 g/mol. The van der Waals surface area contributed by atoms with E-state index >= 15 is 0 Å². The smallest absolute Gasteiger partial charge is 0.269 e. The van der Waals surface area contributed by atoms with Crippen LogP contribution in [0, 0.1) is 10.1 Å². The van der Waals surface area contributed by atoms with Crippen LogP contribution in [0.25, 0.3) is 0 Å². The molecule has 0 bridgehead atoms. The van der Waals surface area contributed by atoms with E-state index in [4.69, 9.17) is 0 Å². The summed E-state index contributed by atoms with van der Waals surface area (Å²) in [6.45, 7) is 0.343. The molecule has 2 aromatic rings. The molecule has 1 atom stereocenters. The Labute approximate surface area is 127 Å². The predicted octanol–water partition coefficient (Wildman–Crippen LogP) is 3.46. The Morgan fingerprint density at radius 1 is 1.29 bits per heavy atom. The standard InChI is InChI=1S/C15H16N2O3S/c1-21-14-4-2-3-12(9-14)16-10-15(18)11-5-7-13(8-6-11)17(19)20/h2-9,15-16,18H,10H2,1H3. The van der Waals surface area contributed by atoms with Crippen LogP contribution in [-0.2, 0) is 0 Å². The molecular formula is C15H16N2O3S. The molecule has 0 saturated heterocycles. The molecular weight excluding hydrogens is 288 g/mol. The number of nitrogens with one attached hydrogen (secondary N) is 1. The minimum atomic E-state index is -0.719. The highest BCUT2D eigenvalue weighted by molar-refractivity contribution is 7.98. The molecule has 110 valence electrons. The average Bonchev–Trinajstić information content (AvgIpc) is 2.53. The Morgan fingerprint density at radius 3 is 2.62 bits per heavy atom. The highest BCUT2D eigenvalue weighted by Gasteiger charge is 2.10. The van der Waals surface area contributed by atoms with Crippen molar-refractivity contribution in [2.45, 2.75) is 11.0 Å². The molecule has 0 aliphatic carbocycles. The number of aliphatic hydroxyl groups excluding tert-OH is 1. The topological polar surface area (TPSA) is 75.4 Å². The lowest BCUT2D eigenvalue weighted by molar-refractivity contribution is -0.384. The summed E-state index contributed by atoms with van der Waals surface area (Å²) in [5.41, 5.74) is 1.60. The lowest BCUT2D eigenvalue weighted by atomic mass is 10.1. The number of nitro benzene ring substituents is 1. The molecule has 0 aliphatic heterocycles. The zero-order chi connectivity index (χ0) is 15.2. The maximum Gasteiger partial charge on any atom is 0.269 e. The van der Waals surface area contributed by atoms with Crippen molar-refractivity contribution in [1.29, 1.82) is 0 Å². The highest BCUT2D eigenvalue weighted by Crippen LogP contribution is 2.21. The first-order valence-corrected chi connectivity index (χ1v) is 7.63. The zero-order valence-electron chi connectivity index (χ0n) is 11.5. The van der Waals surface area contributed by atoms with Crippen molar-refractivity contribution in [1.82, 2.24) is 0 Å². The fraction of sp³-hybridized carbons (Fsp3) is 0.200. The highest BCUT2D eigenvalue weighted by atomic mass is 32.2. The van der Waals surface area contributed by atoms with Crippen molar-refractivity contribution in [3.8, 4) is 0 Å². The molecule has 6 heteroatoms. The van der Waals surface area contributed by atoms with Gasteiger partial charge in [-0.3, -0.25) is 10.1 Å². The minimum absolute atomic E-state index is 0.0200. The van der Waals surface area contributed by atoms with Crippen LogP contribution in [0.2, 0.25) is 0 Å². The van der Waals surface area contributed by atoms with Crippen LogP contribution < -0.4 is 5.32 Å². The van der Waals surface area contributed by atoms with Gasteiger partial charge in [-0.05, 0) is 42.2 Å². The van der Waals surface area contributed by atoms with E-state index in [0.29, 0.717) is 12.1 Å². The van der Waals surface area contributed by atoms with E-state index in [1.54, 1.807) is 23.9 Å². The molecule has 2 N–H and O–H groups in total. The zero-order valence-corrected chi connectivity index (χ0v) is 12.3. The van der Waals surface area contributed by atoms with Gasteiger partial charge in [-0.2, -0.15) is 0 Å². The second-order valence-electron chi connectivity index (χ2n) is 4.48. The molecule has 0 radical (unpaired) electrons. The van der Waals surface area contributed by atoms with Gasteiger partial charge in [-0.15, -0.1) is 11.8 Å². The SMILES string of the molecule is CSc1cccc(NCC(O)c2ccc([N+](=O)[O-])cc2)c1. The summed E-state index contributed by atoms with van der Waals surface area (Å²) >= 11 is 1.65. The number of hydrogen-bond donors (Lipinski definition) is 2. The fourth-order valence-corrected chi connectivity index (χ4v) is 2.34. The Bertz CT molecular complexity index is 617. The van der Waals surface area contributed by atoms with Crippen molar-refractivity contribution in [3.63, 3.8) is 0 Å². The monoisotopic (exact) mass is 304 g/mol. The third-order valence-corrected chi connectivity index (χ3v) is 3.78. The maximum absolute atomic E-state index is 10.6. The van der Waals surface area contributed by atoms with Gasteiger partial charge < -0.3 is 10.4 Å². The van der Waals surface area contributed by atoms with Crippen LogP contribution in [0.3, 0.4) is 0 Å². The number of hydrogen-bond acceptors (Lipinski definition) is 5. The van der Waals surface area contributed by atoms with E-state index in [1.165, 1.54) is 12.1 Å². The van der Waals surface area contributed by atoms with E-state index in [-0.39, 0.29) is 5.69 Å². The molecule has 0 amide bonds. The van der Waals surface area contributed by atoms with Crippen LogP contribution in [0.4, 0.5) is 11.4 Å². The second-order valence-corrected chi connectivity index (χ2v) is 5.36. The molecule has 2 aromatic carbocycles. The van der Waals surface area contributed by atoms with Gasteiger partial charge in [0, 0.05) is 29.3 Å². The lowest BCUT2D eigenvalue weighted by Gasteiger charge is -2.13. The van der Waals surface area contributed by atoms with Gasteiger partial charge >= 0.3 is 0 Å². The van der Waals surface area contributed by atoms with Gasteiger partial charge in [0.15, 0.2) is 0 Å². The van der Waals surface area contributed by atoms with Crippen LogP contribution in [0.1, 0.15) is 11.7 Å². The van der Waals surface area contributed by atoms with Gasteiger partial charge in [-0.25, -0.2) is 0 Å². The van der Waals surface area contributed by atoms with Gasteiger partial charge in [-0.1, -0.05) is 6.07 Å². The number of aliphatic hydroxyl groups is 1. The molecule has 1 unspecified atom stereocenters. The van der Waals surface area contributed by atoms with Crippen molar-refractivity contribution in [2.75, 3.05) is 18.1 Å². The Balaban J connectivity index is 1.97. The summed E-state index contributed by atoms with van der Waals surface area (Å²) in [5, 5.41) is 23.8. The molecule has 0 spiro atoms. The van der Waals surface area contributed by atoms with E-state index in [2.05, 4.69) is 5.32 Å². The number of thioether (sulfide) groups is 1. The molecule has 5 nitrogen and oxygen atoms in total. The molecule has 0 aliphatic rings. The first-order chi connectivity index (χ1) is 10.1. The number of nitrogens with zero attached hydrogens (tertiary/aromatic N) is 1. The fourth-order valence-electron chi connectivity index (χ4n) is 1.88. The second kappa shape index (κ2) is 7.10. The number of nitro groups is 1. The third-order valence-electron chi connectivity index (χ3n) is 3.06. The molecule has 0 heterocycles. The van der Waals surface area contributed by atoms with Crippen LogP contribution in [0.5, 0.6) is 0 Å². The number of anilines is 1. The first kappa shape index (κ1) is 15.3. The largest absolute Gasteiger partial charge is 0.387 e. The van der Waals surface area contributed by atoms with Gasteiger partial charge in [0.2, 0.25) is 0 Å². The summed E-state index contributed by atoms with van der Waals surface area (Å²) in [4.78, 5) is 11.3. The van der Waals surface area contributed by atoms with E-state index in [0.717, 1.165) is 10.6 Å². The molecule has 2 rings (SSSR count).